The molecule has 17 heavy (non-hydrogen) atoms. The molecule has 0 aromatic carbocycles. The van der Waals surface area contributed by atoms with E-state index in [1.807, 2.05) is 0 Å². The molecule has 1 N–H and O–H groups in total. The van der Waals surface area contributed by atoms with Gasteiger partial charge in [0.2, 0.25) is 5.91 Å². The van der Waals surface area contributed by atoms with E-state index in [0.29, 0.717) is 6.54 Å². The highest BCUT2D eigenvalue weighted by molar-refractivity contribution is 5.79. The summed E-state index contributed by atoms with van der Waals surface area (Å²) >= 11 is 0. The van der Waals surface area contributed by atoms with E-state index in [9.17, 15) is 18.0 Å². The lowest BCUT2D eigenvalue weighted by molar-refractivity contribution is -0.186. The van der Waals surface area contributed by atoms with Crippen LogP contribution in [-0.2, 0) is 4.79 Å². The maximum absolute atomic E-state index is 12.5. The molecule has 2 rings (SSSR count). The van der Waals surface area contributed by atoms with Gasteiger partial charge < -0.3 is 10.2 Å². The van der Waals surface area contributed by atoms with Crippen LogP contribution >= 0.6 is 0 Å². The Morgan fingerprint density at radius 3 is 2.29 bits per heavy atom. The molecule has 98 valence electrons. The summed E-state index contributed by atoms with van der Waals surface area (Å²) in [6.45, 7) is 1.99. The van der Waals surface area contributed by atoms with Crippen molar-refractivity contribution in [1.82, 2.24) is 10.2 Å². The van der Waals surface area contributed by atoms with E-state index in [4.69, 9.17) is 0 Å². The number of nitrogens with zero attached hydrogens (tertiary/aromatic N) is 1. The number of hydrogen-bond donors (Lipinski definition) is 1. The lowest BCUT2D eigenvalue weighted by Crippen LogP contribution is -2.44. The lowest BCUT2D eigenvalue weighted by atomic mass is 9.95. The molecule has 0 saturated carbocycles. The Balaban J connectivity index is 1.84. The van der Waals surface area contributed by atoms with Crippen molar-refractivity contribution in [3.05, 3.63) is 0 Å². The van der Waals surface area contributed by atoms with Crippen LogP contribution in [0.2, 0.25) is 0 Å². The molecule has 2 saturated heterocycles. The first kappa shape index (κ1) is 12.7. The lowest BCUT2D eigenvalue weighted by Gasteiger charge is -2.34. The van der Waals surface area contributed by atoms with Gasteiger partial charge in [0.25, 0.3) is 0 Å². The summed E-state index contributed by atoms with van der Waals surface area (Å²) in [6.07, 6.45) is -3.20. The van der Waals surface area contributed by atoms with Crippen LogP contribution in [0.1, 0.15) is 19.3 Å². The van der Waals surface area contributed by atoms with Crippen molar-refractivity contribution in [2.24, 2.45) is 11.8 Å². The number of carbonyl (C=O) groups is 1. The summed E-state index contributed by atoms with van der Waals surface area (Å²) < 4.78 is 37.4. The van der Waals surface area contributed by atoms with Crippen molar-refractivity contribution in [3.8, 4) is 0 Å². The highest BCUT2D eigenvalue weighted by Gasteiger charge is 2.42. The van der Waals surface area contributed by atoms with Gasteiger partial charge in [0, 0.05) is 19.6 Å². The second kappa shape index (κ2) is 4.84. The van der Waals surface area contributed by atoms with Gasteiger partial charge >= 0.3 is 6.18 Å². The van der Waals surface area contributed by atoms with Crippen molar-refractivity contribution < 1.29 is 18.0 Å². The third-order valence-corrected chi connectivity index (χ3v) is 3.68. The van der Waals surface area contributed by atoms with Crippen LogP contribution < -0.4 is 5.32 Å². The number of amides is 1. The predicted octanol–water partition coefficient (Wildman–Crippen LogP) is 1.40. The van der Waals surface area contributed by atoms with E-state index >= 15 is 0 Å². The van der Waals surface area contributed by atoms with Gasteiger partial charge in [-0.3, -0.25) is 4.79 Å². The van der Waals surface area contributed by atoms with Crippen molar-refractivity contribution in [3.63, 3.8) is 0 Å². The number of likely N-dealkylation sites (tertiary alicyclic amines) is 1. The number of nitrogens with one attached hydrogen (secondary N) is 1. The summed E-state index contributed by atoms with van der Waals surface area (Å²) in [4.78, 5) is 13.6. The molecule has 1 atom stereocenters. The number of rotatable bonds is 1. The molecule has 3 nitrogen and oxygen atoms in total. The van der Waals surface area contributed by atoms with Crippen LogP contribution in [0.15, 0.2) is 0 Å². The van der Waals surface area contributed by atoms with Crippen LogP contribution in [0, 0.1) is 11.8 Å². The van der Waals surface area contributed by atoms with Gasteiger partial charge in [-0.15, -0.1) is 0 Å². The van der Waals surface area contributed by atoms with Crippen LogP contribution in [0.5, 0.6) is 0 Å². The maximum atomic E-state index is 12.5. The van der Waals surface area contributed by atoms with E-state index in [-0.39, 0.29) is 37.8 Å². The summed E-state index contributed by atoms with van der Waals surface area (Å²) in [5, 5.41) is 3.10. The van der Waals surface area contributed by atoms with Gasteiger partial charge in [-0.25, -0.2) is 0 Å². The van der Waals surface area contributed by atoms with E-state index in [1.54, 1.807) is 4.90 Å². The fraction of sp³-hybridized carbons (Fsp3) is 0.909. The zero-order valence-corrected chi connectivity index (χ0v) is 9.59. The molecule has 0 aliphatic carbocycles. The second-order valence-electron chi connectivity index (χ2n) is 4.83. The summed E-state index contributed by atoms with van der Waals surface area (Å²) in [6, 6.07) is 0. The molecule has 0 unspecified atom stereocenters. The molecule has 0 aromatic rings. The summed E-state index contributed by atoms with van der Waals surface area (Å²) in [5.74, 6) is -1.23. The van der Waals surface area contributed by atoms with Crippen molar-refractivity contribution >= 4 is 5.91 Å². The SMILES string of the molecule is O=C([C@H]1CCNC1)N1CCC(C(F)(F)F)CC1. The van der Waals surface area contributed by atoms with Crippen molar-refractivity contribution in [1.29, 1.82) is 0 Å². The van der Waals surface area contributed by atoms with Crippen LogP contribution in [-0.4, -0.2) is 43.2 Å². The zero-order valence-electron chi connectivity index (χ0n) is 9.59. The number of piperidine rings is 1. The second-order valence-corrected chi connectivity index (χ2v) is 4.83. The van der Waals surface area contributed by atoms with Crippen molar-refractivity contribution in [2.45, 2.75) is 25.4 Å². The number of hydrogen-bond acceptors (Lipinski definition) is 2. The minimum Gasteiger partial charge on any atom is -0.342 e. The predicted molar refractivity (Wildman–Crippen MR) is 56.3 cm³/mol. The quantitative estimate of drug-likeness (QED) is 0.763. The van der Waals surface area contributed by atoms with Gasteiger partial charge in [-0.1, -0.05) is 0 Å². The minimum atomic E-state index is -4.11. The normalized spacial score (nSPS) is 27.5. The van der Waals surface area contributed by atoms with E-state index in [2.05, 4.69) is 5.32 Å². The van der Waals surface area contributed by atoms with Crippen LogP contribution in [0.25, 0.3) is 0 Å². The molecule has 2 aliphatic heterocycles. The van der Waals surface area contributed by atoms with Crippen LogP contribution in [0.4, 0.5) is 13.2 Å². The Morgan fingerprint density at radius 1 is 1.18 bits per heavy atom. The Hall–Kier alpha value is -0.780. The summed E-state index contributed by atoms with van der Waals surface area (Å²) in [7, 11) is 0. The van der Waals surface area contributed by atoms with Gasteiger partial charge in [0.1, 0.15) is 0 Å². The topological polar surface area (TPSA) is 32.3 Å². The zero-order chi connectivity index (χ0) is 12.5. The standard InChI is InChI=1S/C11H17F3N2O/c12-11(13,14)9-2-5-16(6-3-9)10(17)8-1-4-15-7-8/h8-9,15H,1-7H2/t8-/m0/s1. The third-order valence-electron chi connectivity index (χ3n) is 3.68. The first-order valence-corrected chi connectivity index (χ1v) is 6.04. The van der Waals surface area contributed by atoms with E-state index in [0.717, 1.165) is 13.0 Å². The van der Waals surface area contributed by atoms with Crippen LogP contribution in [0.3, 0.4) is 0 Å². The minimum absolute atomic E-state index is 0.0237. The smallest absolute Gasteiger partial charge is 0.342 e. The maximum Gasteiger partial charge on any atom is 0.391 e. The molecular weight excluding hydrogens is 233 g/mol. The molecule has 0 spiro atoms. The van der Waals surface area contributed by atoms with Gasteiger partial charge in [-0.2, -0.15) is 13.2 Å². The number of carbonyl (C=O) groups excluding carboxylic acids is 1. The largest absolute Gasteiger partial charge is 0.391 e. The molecule has 2 fully saturated rings. The Kier molecular flexibility index (Phi) is 3.61. The molecule has 2 heterocycles. The summed E-state index contributed by atoms with van der Waals surface area (Å²) in [5.41, 5.74) is 0. The molecule has 0 aromatic heterocycles. The highest BCUT2D eigenvalue weighted by Crippen LogP contribution is 2.34. The van der Waals surface area contributed by atoms with Gasteiger partial charge in [-0.05, 0) is 25.8 Å². The average molecular weight is 250 g/mol. The Morgan fingerprint density at radius 2 is 1.82 bits per heavy atom. The van der Waals surface area contributed by atoms with Gasteiger partial charge in [0.15, 0.2) is 0 Å². The molecule has 1 amide bonds. The monoisotopic (exact) mass is 250 g/mol. The number of halogens is 3. The van der Waals surface area contributed by atoms with E-state index in [1.165, 1.54) is 0 Å². The Labute approximate surface area is 98.3 Å². The third kappa shape index (κ3) is 2.91. The fourth-order valence-electron chi connectivity index (χ4n) is 2.55. The molecule has 0 radical (unpaired) electrons. The first-order chi connectivity index (χ1) is 7.98. The van der Waals surface area contributed by atoms with Gasteiger partial charge in [0.05, 0.1) is 11.8 Å². The highest BCUT2D eigenvalue weighted by atomic mass is 19.4. The molecule has 6 heteroatoms. The molecular formula is C11H17F3N2O. The van der Waals surface area contributed by atoms with E-state index < -0.39 is 12.1 Å². The molecule has 0 bridgehead atoms. The fourth-order valence-corrected chi connectivity index (χ4v) is 2.55. The number of alkyl halides is 3. The Bertz CT molecular complexity index is 279. The average Bonchev–Trinajstić information content (AvgIpc) is 2.80. The first-order valence-electron chi connectivity index (χ1n) is 6.04. The molecule has 2 aliphatic rings. The van der Waals surface area contributed by atoms with Crippen molar-refractivity contribution in [2.75, 3.05) is 26.2 Å².